The summed E-state index contributed by atoms with van der Waals surface area (Å²) < 4.78 is 11.4. The summed E-state index contributed by atoms with van der Waals surface area (Å²) in [6, 6.07) is 15.6. The molecule has 1 unspecified atom stereocenters. The molecule has 0 saturated carbocycles. The molecule has 2 aromatic carbocycles. The first-order chi connectivity index (χ1) is 13.7. The zero-order valence-corrected chi connectivity index (χ0v) is 16.6. The average molecular weight is 395 g/mol. The molecule has 0 fully saturated rings. The Labute approximate surface area is 167 Å². The molecule has 4 rings (SSSR count). The van der Waals surface area contributed by atoms with Gasteiger partial charge in [-0.05, 0) is 44.0 Å². The van der Waals surface area contributed by atoms with Gasteiger partial charge in [-0.25, -0.2) is 0 Å². The Balaban J connectivity index is 1.48. The maximum atomic E-state index is 12.9. The SMILES string of the molecule is CCOc1ccccc1-c1nnc(SC(C)C(=O)N2CCc3ccccc32)o1. The summed E-state index contributed by atoms with van der Waals surface area (Å²) in [6.45, 7) is 5.05. The fraction of sp³-hybridized carbons (Fsp3) is 0.286. The highest BCUT2D eigenvalue weighted by Crippen LogP contribution is 2.34. The van der Waals surface area contributed by atoms with E-state index in [0.717, 1.165) is 17.7 Å². The van der Waals surface area contributed by atoms with Crippen LogP contribution in [0.2, 0.25) is 0 Å². The Kier molecular flexibility index (Phi) is 5.34. The van der Waals surface area contributed by atoms with E-state index in [0.29, 0.717) is 30.0 Å². The minimum absolute atomic E-state index is 0.0458. The van der Waals surface area contributed by atoms with E-state index in [-0.39, 0.29) is 11.2 Å². The number of thioether (sulfide) groups is 1. The number of benzene rings is 2. The maximum Gasteiger partial charge on any atom is 0.277 e. The average Bonchev–Trinajstić information content (AvgIpc) is 3.35. The summed E-state index contributed by atoms with van der Waals surface area (Å²) in [4.78, 5) is 14.8. The second-order valence-electron chi connectivity index (χ2n) is 6.43. The monoisotopic (exact) mass is 395 g/mol. The molecule has 0 aliphatic carbocycles. The van der Waals surface area contributed by atoms with Crippen molar-refractivity contribution in [1.82, 2.24) is 10.2 Å². The largest absolute Gasteiger partial charge is 0.493 e. The van der Waals surface area contributed by atoms with Crippen molar-refractivity contribution in [3.8, 4) is 17.2 Å². The lowest BCUT2D eigenvalue weighted by molar-refractivity contribution is -0.117. The molecule has 3 aromatic rings. The third-order valence-electron chi connectivity index (χ3n) is 4.60. The number of nitrogens with zero attached hydrogens (tertiary/aromatic N) is 3. The molecule has 7 heteroatoms. The van der Waals surface area contributed by atoms with Crippen LogP contribution in [0.3, 0.4) is 0 Å². The van der Waals surface area contributed by atoms with Crippen molar-refractivity contribution < 1.29 is 13.9 Å². The molecule has 0 spiro atoms. The molecule has 1 aliphatic heterocycles. The van der Waals surface area contributed by atoms with Gasteiger partial charge in [0.05, 0.1) is 17.4 Å². The highest BCUT2D eigenvalue weighted by Gasteiger charge is 2.29. The van der Waals surface area contributed by atoms with Crippen LogP contribution >= 0.6 is 11.8 Å². The molecular formula is C21H21N3O3S. The van der Waals surface area contributed by atoms with Crippen molar-refractivity contribution in [3.63, 3.8) is 0 Å². The van der Waals surface area contributed by atoms with Crippen LogP contribution in [-0.4, -0.2) is 34.5 Å². The Morgan fingerprint density at radius 3 is 2.86 bits per heavy atom. The van der Waals surface area contributed by atoms with Crippen LogP contribution in [0.1, 0.15) is 19.4 Å². The molecular weight excluding hydrogens is 374 g/mol. The molecule has 6 nitrogen and oxygen atoms in total. The Morgan fingerprint density at radius 2 is 2.00 bits per heavy atom. The summed E-state index contributed by atoms with van der Waals surface area (Å²) in [5, 5.41) is 8.28. The quantitative estimate of drug-likeness (QED) is 0.583. The number of ether oxygens (including phenoxy) is 1. The number of hydrogen-bond acceptors (Lipinski definition) is 6. The van der Waals surface area contributed by atoms with Crippen molar-refractivity contribution in [2.24, 2.45) is 0 Å². The summed E-state index contributed by atoms with van der Waals surface area (Å²) in [7, 11) is 0. The first-order valence-electron chi connectivity index (χ1n) is 9.29. The van der Waals surface area contributed by atoms with Gasteiger partial charge in [-0.15, -0.1) is 10.2 Å². The standard InChI is InChI=1S/C21H21N3O3S/c1-3-26-18-11-7-5-9-16(18)19-22-23-21(27-19)28-14(2)20(25)24-13-12-15-8-4-6-10-17(15)24/h4-11,14H,3,12-13H2,1-2H3. The van der Waals surface area contributed by atoms with Crippen LogP contribution in [0.4, 0.5) is 5.69 Å². The summed E-state index contributed by atoms with van der Waals surface area (Å²) in [5.74, 6) is 1.13. The van der Waals surface area contributed by atoms with Crippen molar-refractivity contribution in [1.29, 1.82) is 0 Å². The van der Waals surface area contributed by atoms with Gasteiger partial charge in [0.15, 0.2) is 0 Å². The molecule has 1 atom stereocenters. The van der Waals surface area contributed by atoms with E-state index in [9.17, 15) is 4.79 Å². The van der Waals surface area contributed by atoms with Gasteiger partial charge >= 0.3 is 0 Å². The van der Waals surface area contributed by atoms with Crippen LogP contribution in [0.5, 0.6) is 5.75 Å². The molecule has 2 heterocycles. The van der Waals surface area contributed by atoms with E-state index in [4.69, 9.17) is 9.15 Å². The number of carbonyl (C=O) groups is 1. The fourth-order valence-electron chi connectivity index (χ4n) is 3.28. The normalized spacial score (nSPS) is 14.0. The number of anilines is 1. The second-order valence-corrected chi connectivity index (χ2v) is 7.72. The van der Waals surface area contributed by atoms with Crippen LogP contribution in [0.25, 0.3) is 11.5 Å². The number of para-hydroxylation sites is 2. The van der Waals surface area contributed by atoms with E-state index < -0.39 is 0 Å². The van der Waals surface area contributed by atoms with Gasteiger partial charge in [0, 0.05) is 12.2 Å². The number of aromatic nitrogens is 2. The van der Waals surface area contributed by atoms with Gasteiger partial charge in [-0.3, -0.25) is 4.79 Å². The smallest absolute Gasteiger partial charge is 0.277 e. The van der Waals surface area contributed by atoms with Gasteiger partial charge in [-0.2, -0.15) is 0 Å². The van der Waals surface area contributed by atoms with Gasteiger partial charge < -0.3 is 14.1 Å². The van der Waals surface area contributed by atoms with E-state index in [2.05, 4.69) is 16.3 Å². The number of hydrogen-bond donors (Lipinski definition) is 0. The van der Waals surface area contributed by atoms with Crippen molar-refractivity contribution in [3.05, 3.63) is 54.1 Å². The van der Waals surface area contributed by atoms with E-state index >= 15 is 0 Å². The molecule has 0 bridgehead atoms. The van der Waals surface area contributed by atoms with Crippen molar-refractivity contribution >= 4 is 23.4 Å². The minimum Gasteiger partial charge on any atom is -0.493 e. The van der Waals surface area contributed by atoms with Crippen LogP contribution in [-0.2, 0) is 11.2 Å². The lowest BCUT2D eigenvalue weighted by Crippen LogP contribution is -2.35. The predicted octanol–water partition coefficient (Wildman–Crippen LogP) is 4.21. The Morgan fingerprint density at radius 1 is 1.21 bits per heavy atom. The number of rotatable bonds is 6. The van der Waals surface area contributed by atoms with Crippen LogP contribution in [0, 0.1) is 0 Å². The first-order valence-corrected chi connectivity index (χ1v) is 10.2. The lowest BCUT2D eigenvalue weighted by atomic mass is 10.2. The Hall–Kier alpha value is -2.80. The van der Waals surface area contributed by atoms with E-state index in [1.165, 1.54) is 17.3 Å². The zero-order chi connectivity index (χ0) is 19.5. The molecule has 0 saturated heterocycles. The molecule has 1 aliphatic rings. The maximum absolute atomic E-state index is 12.9. The number of amides is 1. The van der Waals surface area contributed by atoms with Crippen molar-refractivity contribution in [2.45, 2.75) is 30.7 Å². The van der Waals surface area contributed by atoms with Gasteiger partial charge in [0.2, 0.25) is 5.91 Å². The second kappa shape index (κ2) is 8.06. The van der Waals surface area contributed by atoms with Gasteiger partial charge in [-0.1, -0.05) is 42.1 Å². The van der Waals surface area contributed by atoms with E-state index in [1.807, 2.05) is 61.2 Å². The highest BCUT2D eigenvalue weighted by molar-refractivity contribution is 8.00. The molecule has 1 aromatic heterocycles. The molecule has 0 N–H and O–H groups in total. The summed E-state index contributed by atoms with van der Waals surface area (Å²) in [6.07, 6.45) is 0.887. The van der Waals surface area contributed by atoms with Crippen LogP contribution < -0.4 is 9.64 Å². The van der Waals surface area contributed by atoms with Gasteiger partial charge in [0.25, 0.3) is 11.1 Å². The first kappa shape index (κ1) is 18.6. The summed E-state index contributed by atoms with van der Waals surface area (Å²) >= 11 is 1.28. The minimum atomic E-state index is -0.332. The molecule has 1 amide bonds. The van der Waals surface area contributed by atoms with Gasteiger partial charge in [0.1, 0.15) is 5.75 Å². The van der Waals surface area contributed by atoms with E-state index in [1.54, 1.807) is 0 Å². The highest BCUT2D eigenvalue weighted by atomic mass is 32.2. The van der Waals surface area contributed by atoms with Crippen molar-refractivity contribution in [2.75, 3.05) is 18.1 Å². The third-order valence-corrected chi connectivity index (χ3v) is 5.52. The third kappa shape index (κ3) is 3.62. The molecule has 0 radical (unpaired) electrons. The fourth-order valence-corrected chi connectivity index (χ4v) is 4.02. The Bertz CT molecular complexity index is 988. The predicted molar refractivity (Wildman–Crippen MR) is 109 cm³/mol. The summed E-state index contributed by atoms with van der Waals surface area (Å²) in [5.41, 5.74) is 2.95. The lowest BCUT2D eigenvalue weighted by Gasteiger charge is -2.20. The molecule has 144 valence electrons. The number of fused-ring (bicyclic) bond motifs is 1. The number of carbonyl (C=O) groups excluding carboxylic acids is 1. The molecule has 28 heavy (non-hydrogen) atoms. The van der Waals surface area contributed by atoms with Crippen LogP contribution in [0.15, 0.2) is 58.2 Å². The zero-order valence-electron chi connectivity index (χ0n) is 15.8. The topological polar surface area (TPSA) is 68.5 Å².